The Kier molecular flexibility index (Phi) is 6.36. The highest BCUT2D eigenvalue weighted by Gasteiger charge is 2.07. The average molecular weight is 356 g/mol. The molecule has 2 rings (SSSR count). The number of aryl methyl sites for hydroxylation is 4. The monoisotopic (exact) mass is 356 g/mol. The number of nitrogens with one attached hydrogen (secondary N) is 4. The molecule has 0 aromatic heterocycles. The van der Waals surface area contributed by atoms with Crippen LogP contribution in [0.4, 0.5) is 11.4 Å². The fourth-order valence-corrected chi connectivity index (χ4v) is 2.85. The Bertz CT molecular complexity index is 766. The summed E-state index contributed by atoms with van der Waals surface area (Å²) < 4.78 is 0. The van der Waals surface area contributed by atoms with Crippen LogP contribution in [0.1, 0.15) is 22.3 Å². The van der Waals surface area contributed by atoms with E-state index in [1.807, 2.05) is 45.0 Å². The van der Waals surface area contributed by atoms with Crippen molar-refractivity contribution in [1.29, 1.82) is 0 Å². The molecule has 0 saturated carbocycles. The van der Waals surface area contributed by atoms with E-state index in [1.165, 1.54) is 5.56 Å². The maximum Gasteiger partial charge on any atom is 0.257 e. The van der Waals surface area contributed by atoms with Crippen molar-refractivity contribution in [1.82, 2.24) is 10.9 Å². The summed E-state index contributed by atoms with van der Waals surface area (Å²) in [5, 5.41) is 6.53. The summed E-state index contributed by atoms with van der Waals surface area (Å²) in [5.74, 6) is -0.201. The molecule has 4 N–H and O–H groups in total. The van der Waals surface area contributed by atoms with Gasteiger partial charge in [-0.15, -0.1) is 0 Å². The molecule has 0 fully saturated rings. The van der Waals surface area contributed by atoms with Crippen molar-refractivity contribution in [3.63, 3.8) is 0 Å². The molecular formula is C19H24N4OS. The molecule has 0 heterocycles. The lowest BCUT2D eigenvalue weighted by atomic mass is 10.1. The molecular weight excluding hydrogens is 332 g/mol. The summed E-state index contributed by atoms with van der Waals surface area (Å²) in [5.41, 5.74) is 11.7. The van der Waals surface area contributed by atoms with E-state index in [0.29, 0.717) is 5.11 Å². The van der Waals surface area contributed by atoms with Gasteiger partial charge in [0.05, 0.1) is 6.54 Å². The Balaban J connectivity index is 1.80. The highest BCUT2D eigenvalue weighted by atomic mass is 32.1. The number of carbonyl (C=O) groups is 1. The number of carbonyl (C=O) groups excluding carboxylic acids is 1. The molecule has 2 aromatic carbocycles. The third kappa shape index (κ3) is 5.76. The van der Waals surface area contributed by atoms with Gasteiger partial charge in [0.25, 0.3) is 5.91 Å². The van der Waals surface area contributed by atoms with Gasteiger partial charge in [0, 0.05) is 11.4 Å². The first-order chi connectivity index (χ1) is 11.8. The maximum absolute atomic E-state index is 12.0. The first kappa shape index (κ1) is 18.7. The van der Waals surface area contributed by atoms with Gasteiger partial charge in [0.1, 0.15) is 0 Å². The minimum atomic E-state index is -0.201. The van der Waals surface area contributed by atoms with Crippen molar-refractivity contribution < 1.29 is 4.79 Å². The topological polar surface area (TPSA) is 65.2 Å². The average Bonchev–Trinajstić information content (AvgIpc) is 2.52. The summed E-state index contributed by atoms with van der Waals surface area (Å²) in [6.45, 7) is 8.27. The molecule has 6 heteroatoms. The molecule has 5 nitrogen and oxygen atoms in total. The summed E-state index contributed by atoms with van der Waals surface area (Å²) in [7, 11) is 0. The molecule has 0 unspecified atom stereocenters. The fourth-order valence-electron chi connectivity index (χ4n) is 2.68. The Hall–Kier alpha value is -2.60. The van der Waals surface area contributed by atoms with Gasteiger partial charge in [-0.25, -0.2) is 0 Å². The van der Waals surface area contributed by atoms with Crippen molar-refractivity contribution in [3.05, 3.63) is 58.7 Å². The Morgan fingerprint density at radius 2 is 1.64 bits per heavy atom. The van der Waals surface area contributed by atoms with Gasteiger partial charge in [-0.1, -0.05) is 29.8 Å². The second kappa shape index (κ2) is 8.48. The number of rotatable bonds is 4. The number of amides is 1. The van der Waals surface area contributed by atoms with Gasteiger partial charge < -0.3 is 10.6 Å². The predicted octanol–water partition coefficient (Wildman–Crippen LogP) is 3.35. The van der Waals surface area contributed by atoms with Gasteiger partial charge in [-0.05, 0) is 68.7 Å². The first-order valence-corrected chi connectivity index (χ1v) is 8.50. The van der Waals surface area contributed by atoms with Crippen molar-refractivity contribution >= 4 is 34.6 Å². The van der Waals surface area contributed by atoms with Crippen LogP contribution in [0.15, 0.2) is 36.4 Å². The second-order valence-corrected chi connectivity index (χ2v) is 6.53. The van der Waals surface area contributed by atoms with Crippen molar-refractivity contribution in [2.75, 3.05) is 17.2 Å². The van der Waals surface area contributed by atoms with Gasteiger partial charge in [0.15, 0.2) is 5.11 Å². The number of hydrogen-bond donors (Lipinski definition) is 4. The molecule has 0 spiro atoms. The maximum atomic E-state index is 12.0. The van der Waals surface area contributed by atoms with Crippen LogP contribution in [0, 0.1) is 27.7 Å². The Morgan fingerprint density at radius 1 is 0.960 bits per heavy atom. The number of hydrazine groups is 1. The third-order valence-corrected chi connectivity index (χ3v) is 3.90. The lowest BCUT2D eigenvalue weighted by Gasteiger charge is -2.15. The number of anilines is 2. The van der Waals surface area contributed by atoms with E-state index in [0.717, 1.165) is 28.1 Å². The van der Waals surface area contributed by atoms with E-state index in [-0.39, 0.29) is 12.5 Å². The zero-order valence-electron chi connectivity index (χ0n) is 15.0. The van der Waals surface area contributed by atoms with Crippen molar-refractivity contribution in [2.24, 2.45) is 0 Å². The van der Waals surface area contributed by atoms with Crippen LogP contribution in [-0.2, 0) is 4.79 Å². The minimum absolute atomic E-state index is 0.158. The molecule has 0 bridgehead atoms. The molecule has 0 atom stereocenters. The zero-order chi connectivity index (χ0) is 18.4. The molecule has 0 aliphatic carbocycles. The van der Waals surface area contributed by atoms with Crippen LogP contribution >= 0.6 is 12.2 Å². The van der Waals surface area contributed by atoms with Crippen LogP contribution in [0.2, 0.25) is 0 Å². The molecule has 0 radical (unpaired) electrons. The quantitative estimate of drug-likeness (QED) is 0.500. The number of thiocarbonyl (C=S) groups is 1. The van der Waals surface area contributed by atoms with Crippen LogP contribution in [-0.4, -0.2) is 17.6 Å². The SMILES string of the molecule is Cc1cccc(NC(=S)NNC(=O)CNc2c(C)cc(C)cc2C)c1. The van der Waals surface area contributed by atoms with E-state index in [2.05, 4.69) is 40.5 Å². The van der Waals surface area contributed by atoms with Crippen molar-refractivity contribution in [3.8, 4) is 0 Å². The van der Waals surface area contributed by atoms with Gasteiger partial charge in [0.2, 0.25) is 0 Å². The van der Waals surface area contributed by atoms with Crippen LogP contribution < -0.4 is 21.5 Å². The molecule has 1 amide bonds. The third-order valence-electron chi connectivity index (χ3n) is 3.69. The predicted molar refractivity (Wildman–Crippen MR) is 108 cm³/mol. The van der Waals surface area contributed by atoms with Crippen LogP contribution in [0.25, 0.3) is 0 Å². The summed E-state index contributed by atoms with van der Waals surface area (Å²) in [6, 6.07) is 12.0. The molecule has 0 aliphatic rings. The largest absolute Gasteiger partial charge is 0.376 e. The van der Waals surface area contributed by atoms with E-state index in [4.69, 9.17) is 12.2 Å². The van der Waals surface area contributed by atoms with Crippen molar-refractivity contribution in [2.45, 2.75) is 27.7 Å². The van der Waals surface area contributed by atoms with E-state index in [9.17, 15) is 4.79 Å². The molecule has 0 aliphatic heterocycles. The highest BCUT2D eigenvalue weighted by molar-refractivity contribution is 7.80. The normalized spacial score (nSPS) is 10.1. The standard InChI is InChI=1S/C19H24N4OS/c1-12-6-5-7-16(10-12)21-19(25)23-22-17(24)11-20-18-14(3)8-13(2)9-15(18)4/h5-10,20H,11H2,1-4H3,(H,22,24)(H2,21,23,25). The van der Waals surface area contributed by atoms with E-state index >= 15 is 0 Å². The highest BCUT2D eigenvalue weighted by Crippen LogP contribution is 2.21. The van der Waals surface area contributed by atoms with Crippen LogP contribution in [0.3, 0.4) is 0 Å². The summed E-state index contributed by atoms with van der Waals surface area (Å²) in [6.07, 6.45) is 0. The summed E-state index contributed by atoms with van der Waals surface area (Å²) in [4.78, 5) is 12.0. The molecule has 0 saturated heterocycles. The fraction of sp³-hybridized carbons (Fsp3) is 0.263. The van der Waals surface area contributed by atoms with E-state index in [1.54, 1.807) is 0 Å². The summed E-state index contributed by atoms with van der Waals surface area (Å²) >= 11 is 5.17. The van der Waals surface area contributed by atoms with E-state index < -0.39 is 0 Å². The lowest BCUT2D eigenvalue weighted by molar-refractivity contribution is -0.119. The zero-order valence-corrected chi connectivity index (χ0v) is 15.8. The van der Waals surface area contributed by atoms with Gasteiger partial charge in [-0.2, -0.15) is 0 Å². The Labute approximate surface area is 154 Å². The molecule has 132 valence electrons. The lowest BCUT2D eigenvalue weighted by Crippen LogP contribution is -2.45. The van der Waals surface area contributed by atoms with Gasteiger partial charge in [-0.3, -0.25) is 15.6 Å². The molecule has 25 heavy (non-hydrogen) atoms. The minimum Gasteiger partial charge on any atom is -0.376 e. The Morgan fingerprint density at radius 3 is 2.28 bits per heavy atom. The van der Waals surface area contributed by atoms with Crippen LogP contribution in [0.5, 0.6) is 0 Å². The van der Waals surface area contributed by atoms with Gasteiger partial charge >= 0.3 is 0 Å². The smallest absolute Gasteiger partial charge is 0.257 e. The number of benzene rings is 2. The second-order valence-electron chi connectivity index (χ2n) is 6.12. The molecule has 2 aromatic rings. The number of hydrogen-bond acceptors (Lipinski definition) is 3. The first-order valence-electron chi connectivity index (χ1n) is 8.09.